The molecule has 9 heteroatoms. The summed E-state index contributed by atoms with van der Waals surface area (Å²) in [6, 6.07) is 5.57. The quantitative estimate of drug-likeness (QED) is 0.803. The van der Waals surface area contributed by atoms with Crippen LogP contribution in [0.5, 0.6) is 0 Å². The zero-order chi connectivity index (χ0) is 19.7. The van der Waals surface area contributed by atoms with Gasteiger partial charge in [-0.15, -0.1) is 0 Å². The summed E-state index contributed by atoms with van der Waals surface area (Å²) in [6.45, 7) is 7.13. The molecule has 1 fully saturated rings. The van der Waals surface area contributed by atoms with Gasteiger partial charge >= 0.3 is 5.97 Å². The minimum absolute atomic E-state index is 0.0515. The lowest BCUT2D eigenvalue weighted by Crippen LogP contribution is -2.51. The van der Waals surface area contributed by atoms with Crippen molar-refractivity contribution >= 4 is 21.9 Å². The normalized spacial score (nSPS) is 21.5. The third-order valence-electron chi connectivity index (χ3n) is 3.68. The van der Waals surface area contributed by atoms with Crippen molar-refractivity contribution in [3.05, 3.63) is 29.8 Å². The van der Waals surface area contributed by atoms with Crippen molar-refractivity contribution in [3.63, 3.8) is 0 Å². The molecule has 0 spiro atoms. The molecule has 0 aromatic heterocycles. The molecular formula is C17H24N2O6S. The van der Waals surface area contributed by atoms with Gasteiger partial charge in [0.05, 0.1) is 17.5 Å². The van der Waals surface area contributed by atoms with Gasteiger partial charge in [0, 0.05) is 17.6 Å². The number of ether oxygens (including phenoxy) is 1. The predicted octanol–water partition coefficient (Wildman–Crippen LogP) is 1.08. The first kappa shape index (κ1) is 20.3. The van der Waals surface area contributed by atoms with E-state index in [4.69, 9.17) is 9.84 Å². The number of rotatable bonds is 4. The van der Waals surface area contributed by atoms with Crippen LogP contribution in [0.1, 0.15) is 38.1 Å². The molecule has 2 N–H and O–H groups in total. The highest BCUT2D eigenvalue weighted by Gasteiger charge is 2.33. The SMILES string of the molecule is C[C@@H]1CN(C(=O)c2ccc(S(=O)(=O)NC(C)(C)C)cc2)CC(C(=O)O)O1. The first-order chi connectivity index (χ1) is 11.9. The Kier molecular flexibility index (Phi) is 5.74. The average Bonchev–Trinajstić information content (AvgIpc) is 2.51. The van der Waals surface area contributed by atoms with Gasteiger partial charge < -0.3 is 14.7 Å². The van der Waals surface area contributed by atoms with Crippen molar-refractivity contribution in [2.75, 3.05) is 13.1 Å². The number of hydrogen-bond acceptors (Lipinski definition) is 5. The minimum atomic E-state index is -3.69. The number of nitrogens with zero attached hydrogens (tertiary/aromatic N) is 1. The molecule has 1 saturated heterocycles. The Balaban J connectivity index is 2.17. The van der Waals surface area contributed by atoms with Crippen LogP contribution in [0, 0.1) is 0 Å². The minimum Gasteiger partial charge on any atom is -0.479 e. The molecule has 8 nitrogen and oxygen atoms in total. The van der Waals surface area contributed by atoms with E-state index in [1.54, 1.807) is 27.7 Å². The molecule has 1 aromatic carbocycles. The van der Waals surface area contributed by atoms with E-state index in [0.29, 0.717) is 0 Å². The second-order valence-corrected chi connectivity index (χ2v) is 9.05. The summed E-state index contributed by atoms with van der Waals surface area (Å²) in [6.07, 6.45) is -1.47. The summed E-state index contributed by atoms with van der Waals surface area (Å²) in [5.41, 5.74) is -0.332. The van der Waals surface area contributed by atoms with Crippen molar-refractivity contribution in [2.24, 2.45) is 0 Å². The largest absolute Gasteiger partial charge is 0.479 e. The van der Waals surface area contributed by atoms with E-state index in [-0.39, 0.29) is 29.5 Å². The summed E-state index contributed by atoms with van der Waals surface area (Å²) in [5.74, 6) is -1.48. The summed E-state index contributed by atoms with van der Waals surface area (Å²) in [5, 5.41) is 9.11. The highest BCUT2D eigenvalue weighted by molar-refractivity contribution is 7.89. The third kappa shape index (κ3) is 5.03. The number of benzene rings is 1. The fraction of sp³-hybridized carbons (Fsp3) is 0.529. The zero-order valence-electron chi connectivity index (χ0n) is 15.2. The number of amides is 1. The van der Waals surface area contributed by atoms with Gasteiger partial charge in [-0.1, -0.05) is 0 Å². The number of hydrogen-bond donors (Lipinski definition) is 2. The summed E-state index contributed by atoms with van der Waals surface area (Å²) in [4.78, 5) is 25.2. The van der Waals surface area contributed by atoms with Crippen LogP contribution < -0.4 is 4.72 Å². The maximum atomic E-state index is 12.6. The molecular weight excluding hydrogens is 360 g/mol. The van der Waals surface area contributed by atoms with Gasteiger partial charge in [0.25, 0.3) is 5.91 Å². The number of aliphatic carboxylic acids is 1. The van der Waals surface area contributed by atoms with Gasteiger partial charge in [0.15, 0.2) is 6.10 Å². The molecule has 0 radical (unpaired) electrons. The number of carboxylic acids is 1. The van der Waals surface area contributed by atoms with Crippen molar-refractivity contribution in [1.82, 2.24) is 9.62 Å². The molecule has 1 aliphatic heterocycles. The van der Waals surface area contributed by atoms with Crippen LogP contribution >= 0.6 is 0 Å². The Morgan fingerprint density at radius 1 is 1.19 bits per heavy atom. The van der Waals surface area contributed by atoms with E-state index >= 15 is 0 Å². The topological polar surface area (TPSA) is 113 Å². The molecule has 2 atom stereocenters. The van der Waals surface area contributed by atoms with Crippen LogP contribution in [-0.2, 0) is 19.6 Å². The van der Waals surface area contributed by atoms with E-state index < -0.39 is 33.7 Å². The zero-order valence-corrected chi connectivity index (χ0v) is 16.0. The van der Waals surface area contributed by atoms with Gasteiger partial charge in [0.1, 0.15) is 0 Å². The number of sulfonamides is 1. The van der Waals surface area contributed by atoms with Gasteiger partial charge in [0.2, 0.25) is 10.0 Å². The van der Waals surface area contributed by atoms with Crippen molar-refractivity contribution < 1.29 is 27.9 Å². The van der Waals surface area contributed by atoms with E-state index in [0.717, 1.165) is 0 Å². The Morgan fingerprint density at radius 2 is 1.77 bits per heavy atom. The van der Waals surface area contributed by atoms with Crippen LogP contribution in [0.3, 0.4) is 0 Å². The smallest absolute Gasteiger partial charge is 0.334 e. The molecule has 1 aliphatic rings. The van der Waals surface area contributed by atoms with Gasteiger partial charge in [-0.2, -0.15) is 0 Å². The van der Waals surface area contributed by atoms with Crippen LogP contribution in [0.2, 0.25) is 0 Å². The van der Waals surface area contributed by atoms with E-state index in [9.17, 15) is 18.0 Å². The van der Waals surface area contributed by atoms with Gasteiger partial charge in [-0.25, -0.2) is 17.9 Å². The third-order valence-corrected chi connectivity index (χ3v) is 5.45. The number of carboxylic acid groups (broad SMARTS) is 1. The lowest BCUT2D eigenvalue weighted by molar-refractivity contribution is -0.160. The van der Waals surface area contributed by atoms with Crippen LogP contribution in [0.25, 0.3) is 0 Å². The Hall–Kier alpha value is -1.97. The first-order valence-electron chi connectivity index (χ1n) is 8.20. The molecule has 2 rings (SSSR count). The molecule has 0 saturated carbocycles. The molecule has 1 heterocycles. The summed E-state index contributed by atoms with van der Waals surface area (Å²) >= 11 is 0. The van der Waals surface area contributed by atoms with E-state index in [2.05, 4.69) is 4.72 Å². The highest BCUT2D eigenvalue weighted by atomic mass is 32.2. The lowest BCUT2D eigenvalue weighted by atomic mass is 10.1. The molecule has 0 aliphatic carbocycles. The monoisotopic (exact) mass is 384 g/mol. The van der Waals surface area contributed by atoms with Crippen molar-refractivity contribution in [2.45, 2.75) is 50.3 Å². The molecule has 1 amide bonds. The van der Waals surface area contributed by atoms with Gasteiger partial charge in [-0.3, -0.25) is 4.79 Å². The van der Waals surface area contributed by atoms with Crippen LogP contribution in [0.15, 0.2) is 29.2 Å². The lowest BCUT2D eigenvalue weighted by Gasteiger charge is -2.35. The van der Waals surface area contributed by atoms with E-state index in [1.165, 1.54) is 29.2 Å². The number of carbonyl (C=O) groups excluding carboxylic acids is 1. The fourth-order valence-corrected chi connectivity index (χ4v) is 4.09. The molecule has 0 bridgehead atoms. The van der Waals surface area contributed by atoms with Crippen molar-refractivity contribution in [1.29, 1.82) is 0 Å². The fourth-order valence-electron chi connectivity index (χ4n) is 2.67. The summed E-state index contributed by atoms with van der Waals surface area (Å²) < 4.78 is 32.4. The molecule has 144 valence electrons. The van der Waals surface area contributed by atoms with Crippen molar-refractivity contribution in [3.8, 4) is 0 Å². The average molecular weight is 384 g/mol. The number of nitrogens with one attached hydrogen (secondary N) is 1. The van der Waals surface area contributed by atoms with Gasteiger partial charge in [-0.05, 0) is 52.0 Å². The number of morpholine rings is 1. The maximum absolute atomic E-state index is 12.6. The first-order valence-corrected chi connectivity index (χ1v) is 9.69. The molecule has 1 unspecified atom stereocenters. The second-order valence-electron chi connectivity index (χ2n) is 7.36. The number of carbonyl (C=O) groups is 2. The molecule has 1 aromatic rings. The predicted molar refractivity (Wildman–Crippen MR) is 94.4 cm³/mol. The van der Waals surface area contributed by atoms with Crippen LogP contribution in [0.4, 0.5) is 0 Å². The maximum Gasteiger partial charge on any atom is 0.334 e. The summed E-state index contributed by atoms with van der Waals surface area (Å²) in [7, 11) is -3.69. The van der Waals surface area contributed by atoms with E-state index in [1.807, 2.05) is 0 Å². The molecule has 26 heavy (non-hydrogen) atoms. The Labute approximate surface area is 153 Å². The second kappa shape index (κ2) is 7.34. The van der Waals surface area contributed by atoms with Crippen LogP contribution in [-0.4, -0.2) is 61.1 Å². The Morgan fingerprint density at radius 3 is 2.27 bits per heavy atom. The standard InChI is InChI=1S/C17H24N2O6S/c1-11-9-19(10-14(25-11)16(21)22)15(20)12-5-7-13(8-6-12)26(23,24)18-17(2,3)4/h5-8,11,14,18H,9-10H2,1-4H3,(H,21,22)/t11-,14?/m1/s1. The Bertz CT molecular complexity index is 782. The highest BCUT2D eigenvalue weighted by Crippen LogP contribution is 2.18.